The molecule has 0 unspecified atom stereocenters. The average molecular weight is 198 g/mol. The van der Waals surface area contributed by atoms with E-state index in [1.54, 1.807) is 13.1 Å². The van der Waals surface area contributed by atoms with E-state index in [4.69, 9.17) is 11.6 Å². The number of allylic oxidation sites excluding steroid dienone is 1. The van der Waals surface area contributed by atoms with Crippen LogP contribution in [0.3, 0.4) is 0 Å². The molecule has 0 aliphatic carbocycles. The van der Waals surface area contributed by atoms with E-state index in [9.17, 15) is 4.79 Å². The molecule has 1 N–H and O–H groups in total. The van der Waals surface area contributed by atoms with Crippen LogP contribution in [0.4, 0.5) is 0 Å². The third-order valence-corrected chi connectivity index (χ3v) is 1.92. The summed E-state index contributed by atoms with van der Waals surface area (Å²) < 4.78 is 0. The summed E-state index contributed by atoms with van der Waals surface area (Å²) in [6, 6.07) is 1.85. The van der Waals surface area contributed by atoms with Gasteiger partial charge in [0.2, 0.25) is 0 Å². The number of nitrogens with one attached hydrogen (secondary N) is 1. The molecule has 0 aliphatic rings. The van der Waals surface area contributed by atoms with Crippen LogP contribution >= 0.6 is 11.6 Å². The highest BCUT2D eigenvalue weighted by Crippen LogP contribution is 2.01. The second kappa shape index (κ2) is 4.87. The van der Waals surface area contributed by atoms with Gasteiger partial charge in [-0.25, -0.2) is 0 Å². The number of hydrogen-bond donors (Lipinski definition) is 1. The van der Waals surface area contributed by atoms with Gasteiger partial charge in [0.1, 0.15) is 0 Å². The van der Waals surface area contributed by atoms with Crippen LogP contribution in [0.5, 0.6) is 0 Å². The summed E-state index contributed by atoms with van der Waals surface area (Å²) in [5.74, 6) is 0.624. The minimum Gasteiger partial charge on any atom is -0.328 e. The van der Waals surface area contributed by atoms with Gasteiger partial charge in [-0.1, -0.05) is 12.2 Å². The van der Waals surface area contributed by atoms with Crippen LogP contribution in [0.25, 0.3) is 6.08 Å². The molecular weight excluding hydrogens is 186 g/mol. The van der Waals surface area contributed by atoms with Gasteiger partial charge in [-0.3, -0.25) is 4.79 Å². The van der Waals surface area contributed by atoms with Crippen molar-refractivity contribution in [2.24, 2.45) is 0 Å². The molecule has 2 nitrogen and oxygen atoms in total. The number of aromatic amines is 1. The molecule has 0 aromatic carbocycles. The summed E-state index contributed by atoms with van der Waals surface area (Å²) in [4.78, 5) is 13.7. The third kappa shape index (κ3) is 3.07. The van der Waals surface area contributed by atoms with E-state index in [0.717, 1.165) is 17.5 Å². The van der Waals surface area contributed by atoms with Crippen LogP contribution in [0.2, 0.25) is 0 Å². The van der Waals surface area contributed by atoms with Gasteiger partial charge in [0.25, 0.3) is 5.56 Å². The Labute approximate surface area is 82.3 Å². The van der Waals surface area contributed by atoms with E-state index in [1.807, 2.05) is 18.2 Å². The van der Waals surface area contributed by atoms with E-state index in [0.29, 0.717) is 5.88 Å². The molecule has 0 radical (unpaired) electrons. The molecule has 0 bridgehead atoms. The Morgan fingerprint density at radius 3 is 3.00 bits per heavy atom. The lowest BCUT2D eigenvalue weighted by Gasteiger charge is -1.94. The van der Waals surface area contributed by atoms with Gasteiger partial charge >= 0.3 is 0 Å². The molecule has 3 heteroatoms. The highest BCUT2D eigenvalue weighted by molar-refractivity contribution is 6.17. The maximum absolute atomic E-state index is 11.0. The maximum Gasteiger partial charge on any atom is 0.250 e. The predicted molar refractivity (Wildman–Crippen MR) is 56.2 cm³/mol. The van der Waals surface area contributed by atoms with E-state index in [1.165, 1.54) is 0 Å². The van der Waals surface area contributed by atoms with Gasteiger partial charge in [0.15, 0.2) is 0 Å². The Bertz CT molecular complexity index is 354. The summed E-state index contributed by atoms with van der Waals surface area (Å²) in [5.41, 5.74) is 1.70. The standard InChI is InChI=1S/C10H12ClNO/c1-8-6-9(4-2-3-5-11)7-12-10(8)13/h2,4,6-7H,3,5H2,1H3,(H,12,13). The molecule has 0 amide bonds. The summed E-state index contributed by atoms with van der Waals surface area (Å²) in [6.45, 7) is 1.79. The van der Waals surface area contributed by atoms with Crippen molar-refractivity contribution in [2.75, 3.05) is 5.88 Å². The maximum atomic E-state index is 11.0. The molecule has 1 aromatic heterocycles. The lowest BCUT2D eigenvalue weighted by Crippen LogP contribution is -2.07. The van der Waals surface area contributed by atoms with Crippen molar-refractivity contribution in [1.29, 1.82) is 0 Å². The Hall–Kier alpha value is -1.02. The molecule has 0 aliphatic heterocycles. The Kier molecular flexibility index (Phi) is 3.77. The van der Waals surface area contributed by atoms with Crippen molar-refractivity contribution in [2.45, 2.75) is 13.3 Å². The fraction of sp³-hybridized carbons (Fsp3) is 0.300. The minimum absolute atomic E-state index is 0.0329. The zero-order chi connectivity index (χ0) is 9.68. The van der Waals surface area contributed by atoms with Crippen LogP contribution in [-0.4, -0.2) is 10.9 Å². The molecule has 13 heavy (non-hydrogen) atoms. The zero-order valence-electron chi connectivity index (χ0n) is 7.51. The average Bonchev–Trinajstić information content (AvgIpc) is 2.12. The Balaban J connectivity index is 2.79. The van der Waals surface area contributed by atoms with Crippen LogP contribution in [-0.2, 0) is 0 Å². The molecule has 1 aromatic rings. The highest BCUT2D eigenvalue weighted by atomic mass is 35.5. The largest absolute Gasteiger partial charge is 0.328 e. The molecule has 0 spiro atoms. The molecule has 0 saturated heterocycles. The quantitative estimate of drug-likeness (QED) is 0.742. The van der Waals surface area contributed by atoms with E-state index in [2.05, 4.69) is 4.98 Å². The smallest absolute Gasteiger partial charge is 0.250 e. The topological polar surface area (TPSA) is 32.9 Å². The number of alkyl halides is 1. The Morgan fingerprint density at radius 1 is 1.62 bits per heavy atom. The molecule has 70 valence electrons. The molecule has 0 fully saturated rings. The van der Waals surface area contributed by atoms with Crippen LogP contribution in [0.1, 0.15) is 17.5 Å². The van der Waals surface area contributed by atoms with E-state index in [-0.39, 0.29) is 5.56 Å². The first-order chi connectivity index (χ1) is 6.24. The SMILES string of the molecule is Cc1cc(C=CCCCl)c[nH]c1=O. The summed E-state index contributed by atoms with van der Waals surface area (Å²) in [7, 11) is 0. The summed E-state index contributed by atoms with van der Waals surface area (Å²) in [5, 5.41) is 0. The zero-order valence-corrected chi connectivity index (χ0v) is 8.27. The second-order valence-corrected chi connectivity index (χ2v) is 3.20. The van der Waals surface area contributed by atoms with Gasteiger partial charge < -0.3 is 4.98 Å². The number of aromatic nitrogens is 1. The van der Waals surface area contributed by atoms with E-state index >= 15 is 0 Å². The third-order valence-electron chi connectivity index (χ3n) is 1.70. The van der Waals surface area contributed by atoms with Crippen LogP contribution < -0.4 is 5.56 Å². The molecule has 1 rings (SSSR count). The van der Waals surface area contributed by atoms with Crippen molar-refractivity contribution in [3.05, 3.63) is 39.8 Å². The number of rotatable bonds is 3. The first kappa shape index (κ1) is 10.1. The lowest BCUT2D eigenvalue weighted by molar-refractivity contribution is 1.17. The minimum atomic E-state index is -0.0329. The van der Waals surface area contributed by atoms with Gasteiger partial charge in [-0.05, 0) is 25.0 Å². The predicted octanol–water partition coefficient (Wildman–Crippen LogP) is 2.33. The van der Waals surface area contributed by atoms with Gasteiger partial charge in [0.05, 0.1) is 0 Å². The number of halogens is 1. The number of pyridine rings is 1. The van der Waals surface area contributed by atoms with Crippen molar-refractivity contribution in [3.63, 3.8) is 0 Å². The lowest BCUT2D eigenvalue weighted by atomic mass is 10.2. The second-order valence-electron chi connectivity index (χ2n) is 2.83. The highest BCUT2D eigenvalue weighted by Gasteiger charge is 1.92. The molecule has 1 heterocycles. The monoisotopic (exact) mass is 197 g/mol. The van der Waals surface area contributed by atoms with Crippen molar-refractivity contribution in [3.8, 4) is 0 Å². The fourth-order valence-electron chi connectivity index (χ4n) is 0.999. The summed E-state index contributed by atoms with van der Waals surface area (Å²) >= 11 is 5.52. The summed E-state index contributed by atoms with van der Waals surface area (Å²) in [6.07, 6.45) is 6.48. The van der Waals surface area contributed by atoms with Crippen LogP contribution in [0.15, 0.2) is 23.1 Å². The van der Waals surface area contributed by atoms with E-state index < -0.39 is 0 Å². The van der Waals surface area contributed by atoms with Gasteiger partial charge in [-0.15, -0.1) is 11.6 Å². The molecule has 0 saturated carbocycles. The number of H-pyrrole nitrogens is 1. The van der Waals surface area contributed by atoms with Crippen LogP contribution in [0, 0.1) is 6.92 Å². The number of aryl methyl sites for hydroxylation is 1. The van der Waals surface area contributed by atoms with Gasteiger partial charge in [-0.2, -0.15) is 0 Å². The first-order valence-corrected chi connectivity index (χ1v) is 4.69. The number of hydrogen-bond acceptors (Lipinski definition) is 1. The molecule has 0 atom stereocenters. The van der Waals surface area contributed by atoms with Crippen molar-refractivity contribution < 1.29 is 0 Å². The fourth-order valence-corrected chi connectivity index (χ4v) is 1.12. The Morgan fingerprint density at radius 2 is 2.38 bits per heavy atom. The van der Waals surface area contributed by atoms with Crippen molar-refractivity contribution >= 4 is 17.7 Å². The van der Waals surface area contributed by atoms with Crippen molar-refractivity contribution in [1.82, 2.24) is 4.98 Å². The first-order valence-electron chi connectivity index (χ1n) is 4.16. The van der Waals surface area contributed by atoms with Gasteiger partial charge in [0, 0.05) is 17.6 Å². The molecular formula is C10H12ClNO. The normalized spacial score (nSPS) is 10.9.